The third-order valence-corrected chi connectivity index (χ3v) is 4.34. The average molecular weight is 329 g/mol. The maximum absolute atomic E-state index is 12.2. The molecule has 2 aromatic rings. The highest BCUT2D eigenvalue weighted by Crippen LogP contribution is 2.21. The van der Waals surface area contributed by atoms with Crippen LogP contribution >= 0.6 is 0 Å². The molecule has 0 atom stereocenters. The zero-order valence-electron chi connectivity index (χ0n) is 14.7. The first-order valence-corrected chi connectivity index (χ1v) is 7.84. The van der Waals surface area contributed by atoms with Crippen LogP contribution in [0.25, 0.3) is 0 Å². The highest BCUT2D eigenvalue weighted by Gasteiger charge is 2.14. The van der Waals surface area contributed by atoms with Gasteiger partial charge in [0.25, 0.3) is 0 Å². The van der Waals surface area contributed by atoms with Crippen molar-refractivity contribution in [3.05, 3.63) is 45.8 Å². The van der Waals surface area contributed by atoms with E-state index in [-0.39, 0.29) is 11.5 Å². The van der Waals surface area contributed by atoms with Crippen molar-refractivity contribution in [2.75, 3.05) is 5.32 Å². The molecule has 1 amide bonds. The molecule has 1 aromatic heterocycles. The van der Waals surface area contributed by atoms with Crippen LogP contribution in [0, 0.1) is 27.7 Å². The highest BCUT2D eigenvalue weighted by molar-refractivity contribution is 5.95. The van der Waals surface area contributed by atoms with Gasteiger partial charge in [-0.15, -0.1) is 0 Å². The van der Waals surface area contributed by atoms with Gasteiger partial charge in [-0.25, -0.2) is 4.79 Å². The van der Waals surface area contributed by atoms with Gasteiger partial charge >= 0.3 is 5.97 Å². The van der Waals surface area contributed by atoms with Crippen LogP contribution in [0.1, 0.15) is 44.9 Å². The van der Waals surface area contributed by atoms with Gasteiger partial charge in [-0.1, -0.05) is 6.07 Å². The molecule has 0 saturated carbocycles. The molecule has 0 fully saturated rings. The molecule has 6 nitrogen and oxygen atoms in total. The van der Waals surface area contributed by atoms with E-state index in [1.807, 2.05) is 32.5 Å². The van der Waals surface area contributed by atoms with Crippen LogP contribution in [0.2, 0.25) is 0 Å². The molecule has 1 aromatic carbocycles. The van der Waals surface area contributed by atoms with Crippen LogP contribution in [0.5, 0.6) is 0 Å². The Balaban J connectivity index is 2.10. The summed E-state index contributed by atoms with van der Waals surface area (Å²) in [5.74, 6) is -1.13. The second kappa shape index (κ2) is 6.86. The number of carbonyl (C=O) groups excluding carboxylic acids is 1. The third kappa shape index (κ3) is 3.64. The number of carboxylic acids is 1. The van der Waals surface area contributed by atoms with Crippen molar-refractivity contribution < 1.29 is 14.7 Å². The van der Waals surface area contributed by atoms with Gasteiger partial charge in [-0.2, -0.15) is 5.10 Å². The van der Waals surface area contributed by atoms with E-state index in [4.69, 9.17) is 0 Å². The maximum Gasteiger partial charge on any atom is 0.336 e. The number of hydrogen-bond acceptors (Lipinski definition) is 3. The number of nitrogens with one attached hydrogen (secondary N) is 1. The summed E-state index contributed by atoms with van der Waals surface area (Å²) in [5.41, 5.74) is 5.35. The molecule has 24 heavy (non-hydrogen) atoms. The molecular weight excluding hydrogens is 306 g/mol. The number of rotatable bonds is 5. The monoisotopic (exact) mass is 329 g/mol. The predicted octanol–water partition coefficient (Wildman–Crippen LogP) is 2.92. The number of hydrogen-bond donors (Lipinski definition) is 2. The number of carboxylic acid groups (broad SMARTS) is 1. The maximum atomic E-state index is 12.2. The molecule has 0 aliphatic rings. The second-order valence-corrected chi connectivity index (χ2v) is 6.11. The SMILES string of the molecule is Cc1cc(C)c(C(=O)O)cc1NC(=O)CCc1c(C)nn(C)c1C. The Kier molecular flexibility index (Phi) is 5.07. The molecule has 0 aliphatic carbocycles. The largest absolute Gasteiger partial charge is 0.478 e. The third-order valence-electron chi connectivity index (χ3n) is 4.34. The quantitative estimate of drug-likeness (QED) is 0.883. The van der Waals surface area contributed by atoms with E-state index >= 15 is 0 Å². The molecule has 2 N–H and O–H groups in total. The summed E-state index contributed by atoms with van der Waals surface area (Å²) in [5, 5.41) is 16.4. The van der Waals surface area contributed by atoms with Crippen LogP contribution in [0.4, 0.5) is 5.69 Å². The number of carbonyl (C=O) groups is 2. The smallest absolute Gasteiger partial charge is 0.336 e. The minimum Gasteiger partial charge on any atom is -0.478 e. The zero-order valence-corrected chi connectivity index (χ0v) is 14.7. The van der Waals surface area contributed by atoms with Gasteiger partial charge < -0.3 is 10.4 Å². The van der Waals surface area contributed by atoms with Crippen molar-refractivity contribution >= 4 is 17.6 Å². The number of amides is 1. The molecule has 0 aliphatic heterocycles. The summed E-state index contributed by atoms with van der Waals surface area (Å²) in [6.45, 7) is 7.51. The van der Waals surface area contributed by atoms with Gasteiger partial charge in [0.15, 0.2) is 0 Å². The van der Waals surface area contributed by atoms with Gasteiger partial charge in [0.1, 0.15) is 0 Å². The fraction of sp³-hybridized carbons (Fsp3) is 0.389. The first kappa shape index (κ1) is 17.7. The summed E-state index contributed by atoms with van der Waals surface area (Å²) in [6.07, 6.45) is 0.928. The summed E-state index contributed by atoms with van der Waals surface area (Å²) in [7, 11) is 1.88. The lowest BCUT2D eigenvalue weighted by atomic mass is 10.0. The molecule has 1 heterocycles. The summed E-state index contributed by atoms with van der Waals surface area (Å²) in [6, 6.07) is 3.29. The number of benzene rings is 1. The van der Waals surface area contributed by atoms with Crippen LogP contribution in [-0.2, 0) is 18.3 Å². The molecule has 0 spiro atoms. The van der Waals surface area contributed by atoms with E-state index in [0.29, 0.717) is 24.1 Å². The average Bonchev–Trinajstić information content (AvgIpc) is 2.72. The number of nitrogens with zero attached hydrogens (tertiary/aromatic N) is 2. The van der Waals surface area contributed by atoms with Crippen molar-refractivity contribution in [3.8, 4) is 0 Å². The van der Waals surface area contributed by atoms with E-state index in [1.165, 1.54) is 6.07 Å². The number of aryl methyl sites for hydroxylation is 4. The van der Waals surface area contributed by atoms with Gasteiger partial charge in [0.2, 0.25) is 5.91 Å². The summed E-state index contributed by atoms with van der Waals surface area (Å²) < 4.78 is 1.81. The Hall–Kier alpha value is -2.63. The molecule has 0 bridgehead atoms. The topological polar surface area (TPSA) is 84.2 Å². The molecule has 2 rings (SSSR count). The van der Waals surface area contributed by atoms with E-state index in [1.54, 1.807) is 13.0 Å². The molecule has 128 valence electrons. The second-order valence-electron chi connectivity index (χ2n) is 6.11. The minimum atomic E-state index is -0.996. The van der Waals surface area contributed by atoms with Gasteiger partial charge in [-0.05, 0) is 56.9 Å². The fourth-order valence-corrected chi connectivity index (χ4v) is 2.85. The Morgan fingerprint density at radius 2 is 1.83 bits per heavy atom. The van der Waals surface area contributed by atoms with Crippen molar-refractivity contribution in [2.24, 2.45) is 7.05 Å². The summed E-state index contributed by atoms with van der Waals surface area (Å²) >= 11 is 0. The van der Waals surface area contributed by atoms with Gasteiger partial charge in [0.05, 0.1) is 11.3 Å². The lowest BCUT2D eigenvalue weighted by Gasteiger charge is -2.11. The van der Waals surface area contributed by atoms with Crippen molar-refractivity contribution in [3.63, 3.8) is 0 Å². The van der Waals surface area contributed by atoms with E-state index < -0.39 is 5.97 Å². The van der Waals surface area contributed by atoms with Crippen molar-refractivity contribution in [1.29, 1.82) is 0 Å². The van der Waals surface area contributed by atoms with E-state index in [9.17, 15) is 14.7 Å². The Bertz CT molecular complexity index is 806. The first-order chi connectivity index (χ1) is 11.2. The molecule has 0 saturated heterocycles. The zero-order chi connectivity index (χ0) is 18.0. The fourth-order valence-electron chi connectivity index (χ4n) is 2.85. The highest BCUT2D eigenvalue weighted by atomic mass is 16.4. The number of anilines is 1. The van der Waals surface area contributed by atoms with Gasteiger partial charge in [0, 0.05) is 24.8 Å². The van der Waals surface area contributed by atoms with E-state index in [2.05, 4.69) is 10.4 Å². The van der Waals surface area contributed by atoms with Crippen LogP contribution < -0.4 is 5.32 Å². The Morgan fingerprint density at radius 1 is 1.17 bits per heavy atom. The standard InChI is InChI=1S/C18H23N3O3/c1-10-8-11(2)16(9-15(10)18(23)24)19-17(22)7-6-14-12(3)20-21(5)13(14)4/h8-9H,6-7H2,1-5H3,(H,19,22)(H,23,24). The minimum absolute atomic E-state index is 0.138. The molecule has 6 heteroatoms. The van der Waals surface area contributed by atoms with E-state index in [0.717, 1.165) is 22.5 Å². The Labute approximate surface area is 141 Å². The lowest BCUT2D eigenvalue weighted by molar-refractivity contribution is -0.116. The van der Waals surface area contributed by atoms with Crippen LogP contribution in [0.15, 0.2) is 12.1 Å². The van der Waals surface area contributed by atoms with Crippen molar-refractivity contribution in [2.45, 2.75) is 40.5 Å². The van der Waals surface area contributed by atoms with Crippen LogP contribution in [-0.4, -0.2) is 26.8 Å². The molecule has 0 unspecified atom stereocenters. The van der Waals surface area contributed by atoms with Crippen LogP contribution in [0.3, 0.4) is 0 Å². The number of aromatic carboxylic acids is 1. The summed E-state index contributed by atoms with van der Waals surface area (Å²) in [4.78, 5) is 23.5. The first-order valence-electron chi connectivity index (χ1n) is 7.84. The normalized spacial score (nSPS) is 10.7. The predicted molar refractivity (Wildman–Crippen MR) is 92.5 cm³/mol. The lowest BCUT2D eigenvalue weighted by Crippen LogP contribution is -2.14. The molecule has 0 radical (unpaired) electrons. The van der Waals surface area contributed by atoms with Crippen molar-refractivity contribution in [1.82, 2.24) is 9.78 Å². The molecular formula is C18H23N3O3. The van der Waals surface area contributed by atoms with Gasteiger partial charge in [-0.3, -0.25) is 9.48 Å². The Morgan fingerprint density at radius 3 is 2.38 bits per heavy atom. The number of aromatic nitrogens is 2.